The van der Waals surface area contributed by atoms with Crippen molar-refractivity contribution in [2.45, 2.75) is 58.7 Å². The van der Waals surface area contributed by atoms with E-state index < -0.39 is 21.9 Å². The summed E-state index contributed by atoms with van der Waals surface area (Å²) in [6.45, 7) is 9.02. The molecule has 0 aliphatic carbocycles. The summed E-state index contributed by atoms with van der Waals surface area (Å²) in [6, 6.07) is 1.94. The average molecular weight is 482 g/mol. The van der Waals surface area contributed by atoms with Gasteiger partial charge in [-0.1, -0.05) is 6.07 Å². The normalized spacial score (nSPS) is 12.6. The summed E-state index contributed by atoms with van der Waals surface area (Å²) in [5.74, 6) is 0. The fourth-order valence-corrected chi connectivity index (χ4v) is 5.21. The molecule has 0 atom stereocenters. The minimum atomic E-state index is -4.55. The van der Waals surface area contributed by atoms with Gasteiger partial charge in [0.1, 0.15) is 0 Å². The van der Waals surface area contributed by atoms with Crippen LogP contribution < -0.4 is 4.72 Å². The van der Waals surface area contributed by atoms with Gasteiger partial charge in [0.15, 0.2) is 5.69 Å². The third-order valence-electron chi connectivity index (χ3n) is 4.81. The standard InChI is InChI=1S/C18H23BrF3N3O2S/c1-10-9-11(2)13(4)16(12(10)3)28(26,27)23-7-6-8-25-14(5)15(19)17(24-25)18(20,21)22/h9,23H,6-8H2,1-5H3. The van der Waals surface area contributed by atoms with E-state index in [-0.39, 0.29) is 22.5 Å². The van der Waals surface area contributed by atoms with Crippen LogP contribution in [0.5, 0.6) is 0 Å². The van der Waals surface area contributed by atoms with E-state index in [1.807, 2.05) is 19.9 Å². The van der Waals surface area contributed by atoms with Crippen molar-refractivity contribution in [1.82, 2.24) is 14.5 Å². The lowest BCUT2D eigenvalue weighted by molar-refractivity contribution is -0.142. The molecule has 1 heterocycles. The molecule has 2 aromatic rings. The predicted molar refractivity (Wildman–Crippen MR) is 105 cm³/mol. The van der Waals surface area contributed by atoms with Crippen molar-refractivity contribution in [3.8, 4) is 0 Å². The molecule has 0 aliphatic rings. The Balaban J connectivity index is 2.11. The quantitative estimate of drug-likeness (QED) is 0.614. The molecule has 0 unspecified atom stereocenters. The molecule has 1 aromatic heterocycles. The van der Waals surface area contributed by atoms with Crippen LogP contribution in [-0.4, -0.2) is 24.7 Å². The second-order valence-corrected chi connectivity index (χ2v) is 9.31. The summed E-state index contributed by atoms with van der Waals surface area (Å²) < 4.78 is 68.0. The van der Waals surface area contributed by atoms with E-state index >= 15 is 0 Å². The van der Waals surface area contributed by atoms with Crippen molar-refractivity contribution in [1.29, 1.82) is 0 Å². The van der Waals surface area contributed by atoms with Gasteiger partial charge in [-0.05, 0) is 79.2 Å². The molecule has 0 saturated carbocycles. The first-order chi connectivity index (χ1) is 12.8. The van der Waals surface area contributed by atoms with Gasteiger partial charge in [0.2, 0.25) is 10.0 Å². The zero-order chi connectivity index (χ0) is 21.4. The topological polar surface area (TPSA) is 64.0 Å². The van der Waals surface area contributed by atoms with E-state index in [1.165, 1.54) is 11.6 Å². The van der Waals surface area contributed by atoms with Crippen LogP contribution >= 0.6 is 15.9 Å². The Hall–Kier alpha value is -1.39. The van der Waals surface area contributed by atoms with Crippen molar-refractivity contribution in [2.24, 2.45) is 0 Å². The molecule has 0 aliphatic heterocycles. The van der Waals surface area contributed by atoms with E-state index in [0.29, 0.717) is 23.2 Å². The highest BCUT2D eigenvalue weighted by atomic mass is 79.9. The SMILES string of the molecule is Cc1cc(C)c(C)c(S(=O)(=O)NCCCn2nc(C(F)(F)F)c(Br)c2C)c1C. The van der Waals surface area contributed by atoms with Crippen LogP contribution in [0, 0.1) is 34.6 Å². The highest BCUT2D eigenvalue weighted by Gasteiger charge is 2.37. The molecule has 5 nitrogen and oxygen atoms in total. The number of hydrogen-bond acceptors (Lipinski definition) is 3. The molecule has 0 spiro atoms. The number of benzene rings is 1. The monoisotopic (exact) mass is 481 g/mol. The third-order valence-corrected chi connectivity index (χ3v) is 7.49. The van der Waals surface area contributed by atoms with Crippen LogP contribution in [0.15, 0.2) is 15.4 Å². The van der Waals surface area contributed by atoms with E-state index in [1.54, 1.807) is 13.8 Å². The Bertz CT molecular complexity index is 972. The first-order valence-corrected chi connectivity index (χ1v) is 10.9. The highest BCUT2D eigenvalue weighted by Crippen LogP contribution is 2.35. The largest absolute Gasteiger partial charge is 0.436 e. The molecule has 0 fully saturated rings. The maximum atomic E-state index is 12.9. The summed E-state index contributed by atoms with van der Waals surface area (Å²) in [6.07, 6.45) is -4.25. The van der Waals surface area contributed by atoms with Crippen molar-refractivity contribution < 1.29 is 21.6 Å². The van der Waals surface area contributed by atoms with Crippen molar-refractivity contribution in [2.75, 3.05) is 6.54 Å². The summed E-state index contributed by atoms with van der Waals surface area (Å²) in [5.41, 5.74) is 2.53. The Morgan fingerprint density at radius 1 is 1.11 bits per heavy atom. The van der Waals surface area contributed by atoms with E-state index in [9.17, 15) is 21.6 Å². The Kier molecular flexibility index (Phi) is 6.67. The number of hydrogen-bond donors (Lipinski definition) is 1. The number of halogens is 4. The zero-order valence-corrected chi connectivity index (χ0v) is 18.7. The smallest absolute Gasteiger partial charge is 0.268 e. The molecule has 0 amide bonds. The van der Waals surface area contributed by atoms with Gasteiger partial charge in [0, 0.05) is 13.1 Å². The minimum Gasteiger partial charge on any atom is -0.268 e. The molecule has 28 heavy (non-hydrogen) atoms. The number of aryl methyl sites for hydroxylation is 3. The van der Waals surface area contributed by atoms with E-state index in [4.69, 9.17) is 0 Å². The van der Waals surface area contributed by atoms with Gasteiger partial charge in [-0.15, -0.1) is 0 Å². The second kappa shape index (κ2) is 8.16. The summed E-state index contributed by atoms with van der Waals surface area (Å²) in [4.78, 5) is 0.266. The van der Waals surface area contributed by atoms with Crippen LogP contribution in [0.4, 0.5) is 13.2 Å². The molecule has 0 bridgehead atoms. The number of alkyl halides is 3. The number of aromatic nitrogens is 2. The van der Waals surface area contributed by atoms with Crippen molar-refractivity contribution >= 4 is 26.0 Å². The van der Waals surface area contributed by atoms with Gasteiger partial charge in [-0.25, -0.2) is 13.1 Å². The summed E-state index contributed by atoms with van der Waals surface area (Å²) in [7, 11) is -3.73. The zero-order valence-electron chi connectivity index (χ0n) is 16.3. The molecule has 156 valence electrons. The maximum Gasteiger partial charge on any atom is 0.436 e. The van der Waals surface area contributed by atoms with E-state index in [2.05, 4.69) is 25.8 Å². The molecule has 2 rings (SSSR count). The fraction of sp³-hybridized carbons (Fsp3) is 0.500. The molecular formula is C18H23BrF3N3O2S. The minimum absolute atomic E-state index is 0.0898. The van der Waals surface area contributed by atoms with Crippen LogP contribution in [0.2, 0.25) is 0 Å². The lowest BCUT2D eigenvalue weighted by Crippen LogP contribution is -2.27. The van der Waals surface area contributed by atoms with Crippen LogP contribution in [0.1, 0.15) is 40.1 Å². The number of nitrogens with one attached hydrogen (secondary N) is 1. The lowest BCUT2D eigenvalue weighted by atomic mass is 10.0. The average Bonchev–Trinajstić information content (AvgIpc) is 2.85. The van der Waals surface area contributed by atoms with Crippen molar-refractivity contribution in [3.63, 3.8) is 0 Å². The Morgan fingerprint density at radius 3 is 2.11 bits per heavy atom. The molecule has 1 N–H and O–H groups in total. The third kappa shape index (κ3) is 4.60. The van der Waals surface area contributed by atoms with Gasteiger partial charge in [0.05, 0.1) is 15.1 Å². The van der Waals surface area contributed by atoms with Gasteiger partial charge >= 0.3 is 6.18 Å². The van der Waals surface area contributed by atoms with Crippen LogP contribution in [-0.2, 0) is 22.7 Å². The van der Waals surface area contributed by atoms with Crippen LogP contribution in [0.3, 0.4) is 0 Å². The first-order valence-electron chi connectivity index (χ1n) is 8.64. The van der Waals surface area contributed by atoms with Gasteiger partial charge in [-0.2, -0.15) is 18.3 Å². The summed E-state index contributed by atoms with van der Waals surface area (Å²) >= 11 is 2.92. The number of nitrogens with zero attached hydrogens (tertiary/aromatic N) is 2. The summed E-state index contributed by atoms with van der Waals surface area (Å²) in [5, 5.41) is 3.59. The van der Waals surface area contributed by atoms with Crippen LogP contribution in [0.25, 0.3) is 0 Å². The highest BCUT2D eigenvalue weighted by molar-refractivity contribution is 9.10. The molecule has 10 heteroatoms. The predicted octanol–water partition coefficient (Wildman–Crippen LogP) is 4.58. The fourth-order valence-electron chi connectivity index (χ4n) is 3.01. The van der Waals surface area contributed by atoms with Gasteiger partial charge < -0.3 is 0 Å². The van der Waals surface area contributed by atoms with E-state index in [0.717, 1.165) is 11.1 Å². The second-order valence-electron chi connectivity index (χ2n) is 6.81. The maximum absolute atomic E-state index is 12.9. The molecule has 1 aromatic carbocycles. The van der Waals surface area contributed by atoms with Gasteiger partial charge in [-0.3, -0.25) is 4.68 Å². The molecule has 0 saturated heterocycles. The first kappa shape index (κ1) is 22.9. The van der Waals surface area contributed by atoms with Crippen molar-refractivity contribution in [3.05, 3.63) is 44.2 Å². The Morgan fingerprint density at radius 2 is 1.64 bits per heavy atom. The van der Waals surface area contributed by atoms with Gasteiger partial charge in [0.25, 0.3) is 0 Å². The number of rotatable bonds is 6. The number of sulfonamides is 1. The Labute approximate surface area is 171 Å². The molecule has 0 radical (unpaired) electrons. The lowest BCUT2D eigenvalue weighted by Gasteiger charge is -2.16. The molecular weight excluding hydrogens is 459 g/mol.